The highest BCUT2D eigenvalue weighted by molar-refractivity contribution is 5.51. The maximum absolute atomic E-state index is 13.5. The van der Waals surface area contributed by atoms with Crippen LogP contribution < -0.4 is 0 Å². The van der Waals surface area contributed by atoms with E-state index < -0.39 is 11.6 Å². The number of rotatable bonds is 6. The van der Waals surface area contributed by atoms with Gasteiger partial charge in [-0.15, -0.1) is 0 Å². The van der Waals surface area contributed by atoms with E-state index >= 15 is 0 Å². The molecule has 0 fully saturated rings. The molecule has 0 aromatic heterocycles. The van der Waals surface area contributed by atoms with Gasteiger partial charge in [0, 0.05) is 5.56 Å². The lowest BCUT2D eigenvalue weighted by molar-refractivity contribution is 0.564. The smallest absolute Gasteiger partial charge is 0.129 e. The summed E-state index contributed by atoms with van der Waals surface area (Å²) in [6.07, 6.45) is 4.02. The van der Waals surface area contributed by atoms with Crippen LogP contribution in [0.4, 0.5) is 13.2 Å². The minimum atomic E-state index is -0.508. The van der Waals surface area contributed by atoms with E-state index in [4.69, 9.17) is 0 Å². The van der Waals surface area contributed by atoms with Crippen LogP contribution in [0.15, 0.2) is 42.2 Å². The summed E-state index contributed by atoms with van der Waals surface area (Å²) in [6, 6.07) is 10.3. The van der Waals surface area contributed by atoms with E-state index in [0.29, 0.717) is 24.8 Å². The first-order valence-corrected chi connectivity index (χ1v) is 7.89. The van der Waals surface area contributed by atoms with Crippen molar-refractivity contribution in [3.63, 3.8) is 0 Å². The number of benzene rings is 2. The summed E-state index contributed by atoms with van der Waals surface area (Å²) in [5, 5.41) is 0. The van der Waals surface area contributed by atoms with Crippen molar-refractivity contribution in [2.45, 2.75) is 39.5 Å². The molecule has 2 rings (SSSR count). The third-order valence-corrected chi connectivity index (χ3v) is 3.83. The lowest BCUT2D eigenvalue weighted by Crippen LogP contribution is -1.96. The molecule has 0 atom stereocenters. The first-order chi connectivity index (χ1) is 11.0. The van der Waals surface area contributed by atoms with Gasteiger partial charge < -0.3 is 0 Å². The molecule has 0 radical (unpaired) electrons. The number of allylic oxidation sites excluding steroid dienone is 1. The van der Waals surface area contributed by atoms with Gasteiger partial charge in [0.05, 0.1) is 0 Å². The zero-order valence-corrected chi connectivity index (χ0v) is 13.5. The fraction of sp³-hybridized carbons (Fsp3) is 0.300. The molecule has 2 aromatic carbocycles. The Morgan fingerprint density at radius 3 is 2.09 bits per heavy atom. The van der Waals surface area contributed by atoms with Crippen molar-refractivity contribution in [1.29, 1.82) is 0 Å². The second-order valence-corrected chi connectivity index (χ2v) is 5.77. The highest BCUT2D eigenvalue weighted by Crippen LogP contribution is 2.17. The van der Waals surface area contributed by atoms with Crippen LogP contribution in [0.3, 0.4) is 0 Å². The van der Waals surface area contributed by atoms with E-state index in [9.17, 15) is 13.2 Å². The molecule has 0 aliphatic heterocycles. The van der Waals surface area contributed by atoms with Gasteiger partial charge in [-0.2, -0.15) is 0 Å². The zero-order valence-electron chi connectivity index (χ0n) is 13.5. The summed E-state index contributed by atoms with van der Waals surface area (Å²) in [5.74, 6) is -1.13. The molecule has 3 heteroatoms. The minimum absolute atomic E-state index is 0.0546. The summed E-state index contributed by atoms with van der Waals surface area (Å²) in [6.45, 7) is 3.37. The van der Waals surface area contributed by atoms with Gasteiger partial charge in [0.1, 0.15) is 17.5 Å². The second-order valence-electron chi connectivity index (χ2n) is 5.77. The molecule has 0 heterocycles. The Hall–Kier alpha value is -2.03. The third-order valence-electron chi connectivity index (χ3n) is 3.83. The summed E-state index contributed by atoms with van der Waals surface area (Å²) < 4.78 is 40.5. The summed E-state index contributed by atoms with van der Waals surface area (Å²) in [7, 11) is 0. The van der Waals surface area contributed by atoms with Crippen LogP contribution >= 0.6 is 0 Å². The summed E-state index contributed by atoms with van der Waals surface area (Å²) in [4.78, 5) is 0. The van der Waals surface area contributed by atoms with E-state index in [1.807, 2.05) is 31.2 Å². The van der Waals surface area contributed by atoms with Gasteiger partial charge in [0.2, 0.25) is 0 Å². The second kappa shape index (κ2) is 8.00. The minimum Gasteiger partial charge on any atom is -0.212 e. The van der Waals surface area contributed by atoms with Crippen LogP contribution in [-0.2, 0) is 12.8 Å². The van der Waals surface area contributed by atoms with Crippen LogP contribution in [-0.4, -0.2) is 0 Å². The van der Waals surface area contributed by atoms with Gasteiger partial charge in [0.15, 0.2) is 0 Å². The van der Waals surface area contributed by atoms with E-state index in [1.165, 1.54) is 25.1 Å². The predicted octanol–water partition coefficient (Wildman–Crippen LogP) is 6.17. The van der Waals surface area contributed by atoms with Crippen LogP contribution in [0.1, 0.15) is 42.0 Å². The van der Waals surface area contributed by atoms with Gasteiger partial charge >= 0.3 is 0 Å². The summed E-state index contributed by atoms with van der Waals surface area (Å²) >= 11 is 0. The first-order valence-electron chi connectivity index (χ1n) is 7.89. The summed E-state index contributed by atoms with van der Waals surface area (Å²) in [5.41, 5.74) is 2.58. The lowest BCUT2D eigenvalue weighted by atomic mass is 10.0. The Bertz CT molecular complexity index is 662. The third kappa shape index (κ3) is 4.98. The number of hydrogen-bond acceptors (Lipinski definition) is 0. The van der Waals surface area contributed by atoms with Crippen molar-refractivity contribution in [2.24, 2.45) is 0 Å². The molecular formula is C20H21F3. The molecule has 0 nitrogen and oxygen atoms in total. The molecule has 0 unspecified atom stereocenters. The fourth-order valence-electron chi connectivity index (χ4n) is 2.40. The molecule has 122 valence electrons. The van der Waals surface area contributed by atoms with Crippen molar-refractivity contribution in [2.75, 3.05) is 0 Å². The highest BCUT2D eigenvalue weighted by atomic mass is 19.1. The molecule has 0 aliphatic rings. The Morgan fingerprint density at radius 2 is 1.52 bits per heavy atom. The SMILES string of the molecule is CCCC(F)=Cc1ccc(CCc2cc(F)c(C)c(F)c2)cc1. The quantitative estimate of drug-likeness (QED) is 0.597. The standard InChI is InChI=1S/C20H21F3/c1-3-4-18(21)11-16-8-5-15(6-9-16)7-10-17-12-19(22)14(2)20(23)13-17/h5-6,8-9,11-13H,3-4,7,10H2,1-2H3. The Morgan fingerprint density at radius 1 is 0.957 bits per heavy atom. The molecular weight excluding hydrogens is 297 g/mol. The highest BCUT2D eigenvalue weighted by Gasteiger charge is 2.07. The maximum atomic E-state index is 13.5. The van der Waals surface area contributed by atoms with E-state index in [2.05, 4.69) is 0 Å². The molecule has 0 saturated heterocycles. The number of aryl methyl sites for hydroxylation is 2. The topological polar surface area (TPSA) is 0 Å². The predicted molar refractivity (Wildman–Crippen MR) is 88.9 cm³/mol. The van der Waals surface area contributed by atoms with E-state index in [0.717, 1.165) is 17.5 Å². The molecule has 0 N–H and O–H groups in total. The number of halogens is 3. The number of hydrogen-bond donors (Lipinski definition) is 0. The zero-order chi connectivity index (χ0) is 16.8. The van der Waals surface area contributed by atoms with Crippen LogP contribution in [0.2, 0.25) is 0 Å². The van der Waals surface area contributed by atoms with Gasteiger partial charge in [-0.25, -0.2) is 13.2 Å². The molecule has 0 saturated carbocycles. The molecule has 0 aliphatic carbocycles. The molecule has 2 aromatic rings. The average molecular weight is 318 g/mol. The fourth-order valence-corrected chi connectivity index (χ4v) is 2.40. The van der Waals surface area contributed by atoms with Gasteiger partial charge in [-0.05, 0) is 67.5 Å². The molecule has 0 amide bonds. The first kappa shape index (κ1) is 17.3. The van der Waals surface area contributed by atoms with Crippen molar-refractivity contribution >= 4 is 6.08 Å². The van der Waals surface area contributed by atoms with Crippen molar-refractivity contribution in [3.05, 3.63) is 76.1 Å². The normalized spacial score (nSPS) is 11.8. The average Bonchev–Trinajstić information content (AvgIpc) is 2.52. The van der Waals surface area contributed by atoms with Crippen LogP contribution in [0.5, 0.6) is 0 Å². The Kier molecular flexibility index (Phi) is 6.03. The van der Waals surface area contributed by atoms with Crippen molar-refractivity contribution in [1.82, 2.24) is 0 Å². The van der Waals surface area contributed by atoms with Crippen molar-refractivity contribution in [3.8, 4) is 0 Å². The maximum Gasteiger partial charge on any atom is 0.129 e. The Balaban J connectivity index is 2.00. The lowest BCUT2D eigenvalue weighted by Gasteiger charge is -2.06. The Labute approximate surface area is 135 Å². The molecule has 0 bridgehead atoms. The van der Waals surface area contributed by atoms with Crippen molar-refractivity contribution < 1.29 is 13.2 Å². The largest absolute Gasteiger partial charge is 0.212 e. The van der Waals surface area contributed by atoms with Gasteiger partial charge in [0.25, 0.3) is 0 Å². The van der Waals surface area contributed by atoms with E-state index in [-0.39, 0.29) is 11.4 Å². The van der Waals surface area contributed by atoms with E-state index in [1.54, 1.807) is 0 Å². The van der Waals surface area contributed by atoms with Crippen LogP contribution in [0.25, 0.3) is 6.08 Å². The van der Waals surface area contributed by atoms with Gasteiger partial charge in [-0.1, -0.05) is 31.2 Å². The van der Waals surface area contributed by atoms with Gasteiger partial charge in [-0.3, -0.25) is 0 Å². The van der Waals surface area contributed by atoms with Crippen LogP contribution in [0, 0.1) is 18.6 Å². The molecule has 0 spiro atoms. The molecule has 23 heavy (non-hydrogen) atoms. The monoisotopic (exact) mass is 318 g/mol.